The first kappa shape index (κ1) is 19.2. The second-order valence-corrected chi connectivity index (χ2v) is 7.19. The van der Waals surface area contributed by atoms with Gasteiger partial charge < -0.3 is 24.6 Å². The summed E-state index contributed by atoms with van der Waals surface area (Å²) in [5.74, 6) is 0.244. The monoisotopic (exact) mass is 396 g/mol. The molecule has 3 heterocycles. The van der Waals surface area contributed by atoms with Crippen molar-refractivity contribution < 1.29 is 19.4 Å². The number of nitrogens with zero attached hydrogens (tertiary/aromatic N) is 3. The number of esters is 1. The van der Waals surface area contributed by atoms with Crippen molar-refractivity contribution in [1.82, 2.24) is 14.5 Å². The SMILES string of the molecule is COC(=O)C1=C(Nc2ccc(-c3cn4c(n3)CCCC4)cc2)C(=O)N(CCO)C1. The molecular weight excluding hydrogens is 372 g/mol. The van der Waals surface area contributed by atoms with Gasteiger partial charge in [0, 0.05) is 37.0 Å². The Morgan fingerprint density at radius 1 is 1.28 bits per heavy atom. The van der Waals surface area contributed by atoms with Gasteiger partial charge in [0.1, 0.15) is 11.5 Å². The second-order valence-electron chi connectivity index (χ2n) is 7.19. The molecule has 1 aromatic heterocycles. The molecule has 0 spiro atoms. The highest BCUT2D eigenvalue weighted by Gasteiger charge is 2.34. The van der Waals surface area contributed by atoms with Gasteiger partial charge >= 0.3 is 5.97 Å². The van der Waals surface area contributed by atoms with E-state index in [0.717, 1.165) is 30.0 Å². The van der Waals surface area contributed by atoms with E-state index in [4.69, 9.17) is 14.8 Å². The van der Waals surface area contributed by atoms with Gasteiger partial charge in [0.25, 0.3) is 5.91 Å². The van der Waals surface area contributed by atoms with Crippen LogP contribution in [0.2, 0.25) is 0 Å². The lowest BCUT2D eigenvalue weighted by Crippen LogP contribution is -2.31. The Hall–Kier alpha value is -3.13. The molecular formula is C21H24N4O4. The molecule has 0 unspecified atom stereocenters. The van der Waals surface area contributed by atoms with Gasteiger partial charge in [-0.1, -0.05) is 12.1 Å². The number of rotatable bonds is 6. The van der Waals surface area contributed by atoms with Crippen LogP contribution in [-0.4, -0.2) is 58.2 Å². The van der Waals surface area contributed by atoms with Gasteiger partial charge in [0.15, 0.2) is 0 Å². The molecule has 0 atom stereocenters. The maximum atomic E-state index is 12.6. The Labute approximate surface area is 168 Å². The first-order valence-electron chi connectivity index (χ1n) is 9.76. The van der Waals surface area contributed by atoms with Crippen molar-refractivity contribution in [3.63, 3.8) is 0 Å². The Bertz CT molecular complexity index is 938. The lowest BCUT2D eigenvalue weighted by atomic mass is 10.1. The van der Waals surface area contributed by atoms with E-state index in [2.05, 4.69) is 16.1 Å². The summed E-state index contributed by atoms with van der Waals surface area (Å²) in [7, 11) is 1.28. The van der Waals surface area contributed by atoms with Crippen molar-refractivity contribution in [2.75, 3.05) is 32.1 Å². The fourth-order valence-corrected chi connectivity index (χ4v) is 3.77. The summed E-state index contributed by atoms with van der Waals surface area (Å²) in [5, 5.41) is 12.2. The van der Waals surface area contributed by atoms with Crippen molar-refractivity contribution in [3.05, 3.63) is 47.6 Å². The number of methoxy groups -OCH3 is 1. The number of nitrogens with one attached hydrogen (secondary N) is 1. The lowest BCUT2D eigenvalue weighted by molar-refractivity contribution is -0.136. The van der Waals surface area contributed by atoms with Crippen molar-refractivity contribution in [3.8, 4) is 11.3 Å². The molecule has 0 aliphatic carbocycles. The van der Waals surface area contributed by atoms with Crippen LogP contribution in [-0.2, 0) is 27.3 Å². The maximum Gasteiger partial charge on any atom is 0.337 e. The van der Waals surface area contributed by atoms with E-state index in [1.165, 1.54) is 24.9 Å². The quantitative estimate of drug-likeness (QED) is 0.720. The number of aliphatic hydroxyl groups excluding tert-OH is 1. The number of ether oxygens (including phenoxy) is 1. The van der Waals surface area contributed by atoms with E-state index >= 15 is 0 Å². The number of aliphatic hydroxyl groups is 1. The minimum Gasteiger partial charge on any atom is -0.466 e. The van der Waals surface area contributed by atoms with Crippen LogP contribution in [0.5, 0.6) is 0 Å². The van der Waals surface area contributed by atoms with E-state index in [9.17, 15) is 9.59 Å². The number of amides is 1. The van der Waals surface area contributed by atoms with Gasteiger partial charge in [-0.05, 0) is 25.0 Å². The summed E-state index contributed by atoms with van der Waals surface area (Å²) in [4.78, 5) is 30.8. The first-order chi connectivity index (χ1) is 14.1. The first-order valence-corrected chi connectivity index (χ1v) is 9.76. The Balaban J connectivity index is 1.55. The van der Waals surface area contributed by atoms with Crippen molar-refractivity contribution in [2.24, 2.45) is 0 Å². The molecule has 2 aromatic rings. The van der Waals surface area contributed by atoms with Gasteiger partial charge in [-0.15, -0.1) is 0 Å². The molecule has 8 heteroatoms. The third-order valence-electron chi connectivity index (χ3n) is 5.31. The van der Waals surface area contributed by atoms with Crippen LogP contribution in [0.15, 0.2) is 41.7 Å². The molecule has 0 saturated carbocycles. The highest BCUT2D eigenvalue weighted by atomic mass is 16.5. The van der Waals surface area contributed by atoms with E-state index in [1.54, 1.807) is 0 Å². The fraction of sp³-hybridized carbons (Fsp3) is 0.381. The molecule has 0 saturated heterocycles. The number of carbonyl (C=O) groups is 2. The minimum absolute atomic E-state index is 0.118. The van der Waals surface area contributed by atoms with Crippen LogP contribution in [0.3, 0.4) is 0 Å². The molecule has 2 aliphatic rings. The molecule has 0 fully saturated rings. The third kappa shape index (κ3) is 3.75. The highest BCUT2D eigenvalue weighted by molar-refractivity contribution is 6.08. The van der Waals surface area contributed by atoms with Gasteiger partial charge in [-0.2, -0.15) is 0 Å². The molecule has 2 N–H and O–H groups in total. The zero-order chi connectivity index (χ0) is 20.4. The van der Waals surface area contributed by atoms with Crippen LogP contribution in [0.1, 0.15) is 18.7 Å². The van der Waals surface area contributed by atoms with Crippen molar-refractivity contribution in [1.29, 1.82) is 0 Å². The summed E-state index contributed by atoms with van der Waals surface area (Å²) >= 11 is 0. The number of aromatic nitrogens is 2. The molecule has 4 rings (SSSR count). The Kier molecular flexibility index (Phi) is 5.35. The number of benzene rings is 1. The zero-order valence-corrected chi connectivity index (χ0v) is 16.4. The number of imidazole rings is 1. The summed E-state index contributed by atoms with van der Waals surface area (Å²) < 4.78 is 7.02. The predicted octanol–water partition coefficient (Wildman–Crippen LogP) is 1.56. The topological polar surface area (TPSA) is 96.7 Å². The average Bonchev–Trinajstić information content (AvgIpc) is 3.31. The summed E-state index contributed by atoms with van der Waals surface area (Å²) in [6, 6.07) is 7.61. The molecule has 8 nitrogen and oxygen atoms in total. The van der Waals surface area contributed by atoms with Crippen LogP contribution in [0.25, 0.3) is 11.3 Å². The second kappa shape index (κ2) is 8.08. The Morgan fingerprint density at radius 3 is 2.76 bits per heavy atom. The predicted molar refractivity (Wildman–Crippen MR) is 107 cm³/mol. The third-order valence-corrected chi connectivity index (χ3v) is 5.31. The number of fused-ring (bicyclic) bond motifs is 1. The lowest BCUT2D eigenvalue weighted by Gasteiger charge is -2.15. The molecule has 2 aliphatic heterocycles. The largest absolute Gasteiger partial charge is 0.466 e. The molecule has 1 amide bonds. The number of anilines is 1. The standard InChI is InChI=1S/C21H24N4O4/c1-29-21(28)16-12-25(10-11-26)20(27)19(16)22-15-7-5-14(6-8-15)17-13-24-9-3-2-4-18(24)23-17/h5-8,13,22,26H,2-4,9-12H2,1H3. The highest BCUT2D eigenvalue weighted by Crippen LogP contribution is 2.26. The number of β-amino-alcohol motifs (C(OH)–C–C–N with tert-alkyl or cyclic N) is 1. The molecule has 0 bridgehead atoms. The van der Waals surface area contributed by atoms with Gasteiger partial charge in [-0.25, -0.2) is 9.78 Å². The molecule has 29 heavy (non-hydrogen) atoms. The molecule has 152 valence electrons. The van der Waals surface area contributed by atoms with E-state index in [1.807, 2.05) is 24.3 Å². The summed E-state index contributed by atoms with van der Waals surface area (Å²) in [6.45, 7) is 1.12. The summed E-state index contributed by atoms with van der Waals surface area (Å²) in [5.41, 5.74) is 3.08. The Morgan fingerprint density at radius 2 is 2.07 bits per heavy atom. The maximum absolute atomic E-state index is 12.6. The van der Waals surface area contributed by atoms with Crippen LogP contribution < -0.4 is 5.32 Å². The van der Waals surface area contributed by atoms with E-state index in [0.29, 0.717) is 5.69 Å². The minimum atomic E-state index is -0.554. The summed E-state index contributed by atoms with van der Waals surface area (Å²) in [6.07, 6.45) is 5.46. The van der Waals surface area contributed by atoms with Crippen LogP contribution in [0, 0.1) is 0 Å². The molecule has 1 aromatic carbocycles. The van der Waals surface area contributed by atoms with Gasteiger partial charge in [0.2, 0.25) is 0 Å². The fourth-order valence-electron chi connectivity index (χ4n) is 3.77. The normalized spacial score (nSPS) is 16.2. The van der Waals surface area contributed by atoms with Crippen LogP contribution in [0.4, 0.5) is 5.69 Å². The molecule has 0 radical (unpaired) electrons. The number of aryl methyl sites for hydroxylation is 2. The van der Waals surface area contributed by atoms with E-state index < -0.39 is 5.97 Å². The zero-order valence-electron chi connectivity index (χ0n) is 16.4. The van der Waals surface area contributed by atoms with Crippen molar-refractivity contribution >= 4 is 17.6 Å². The van der Waals surface area contributed by atoms with Crippen LogP contribution >= 0.6 is 0 Å². The number of carbonyl (C=O) groups excluding carboxylic acids is 2. The van der Waals surface area contributed by atoms with Gasteiger partial charge in [0.05, 0.1) is 31.5 Å². The smallest absolute Gasteiger partial charge is 0.337 e. The average molecular weight is 396 g/mol. The van der Waals surface area contributed by atoms with Crippen molar-refractivity contribution in [2.45, 2.75) is 25.8 Å². The van der Waals surface area contributed by atoms with E-state index in [-0.39, 0.29) is 36.9 Å². The number of hydrogen-bond acceptors (Lipinski definition) is 6. The van der Waals surface area contributed by atoms with Gasteiger partial charge in [-0.3, -0.25) is 4.79 Å². The number of hydrogen-bond donors (Lipinski definition) is 2.